The fourth-order valence-corrected chi connectivity index (χ4v) is 2.34. The molecule has 0 aromatic heterocycles. The molecule has 0 radical (unpaired) electrons. The Labute approximate surface area is 89.5 Å². The lowest BCUT2D eigenvalue weighted by molar-refractivity contribution is -0.168. The van der Waals surface area contributed by atoms with E-state index in [-0.39, 0.29) is 31.0 Å². The summed E-state index contributed by atoms with van der Waals surface area (Å²) in [6.07, 6.45) is 0.495. The van der Waals surface area contributed by atoms with Gasteiger partial charge < -0.3 is 25.1 Å². The number of ether oxygens (including phenoxy) is 3. The molecule has 2 aliphatic rings. The molecular formula is C10H19NO4. The topological polar surface area (TPSA) is 73.9 Å². The third-order valence-corrected chi connectivity index (χ3v) is 2.88. The number of aliphatic hydroxyl groups is 1. The van der Waals surface area contributed by atoms with Crippen LogP contribution < -0.4 is 5.73 Å². The van der Waals surface area contributed by atoms with Crippen molar-refractivity contribution in [1.82, 2.24) is 0 Å². The van der Waals surface area contributed by atoms with Gasteiger partial charge in [-0.1, -0.05) is 0 Å². The first-order valence-corrected chi connectivity index (χ1v) is 5.37. The van der Waals surface area contributed by atoms with Crippen molar-refractivity contribution >= 4 is 0 Å². The van der Waals surface area contributed by atoms with E-state index < -0.39 is 5.79 Å². The monoisotopic (exact) mass is 217 g/mol. The van der Waals surface area contributed by atoms with Crippen LogP contribution >= 0.6 is 0 Å². The minimum absolute atomic E-state index is 0.0212. The number of hydrogen-bond acceptors (Lipinski definition) is 5. The molecule has 88 valence electrons. The van der Waals surface area contributed by atoms with Crippen LogP contribution in [0.1, 0.15) is 20.3 Å². The van der Waals surface area contributed by atoms with Crippen molar-refractivity contribution in [3.05, 3.63) is 0 Å². The Morgan fingerprint density at radius 1 is 1.40 bits per heavy atom. The van der Waals surface area contributed by atoms with Crippen molar-refractivity contribution in [2.75, 3.05) is 13.2 Å². The summed E-state index contributed by atoms with van der Waals surface area (Å²) in [5, 5.41) is 8.71. The van der Waals surface area contributed by atoms with Crippen LogP contribution in [-0.4, -0.2) is 48.5 Å². The first-order chi connectivity index (χ1) is 7.03. The van der Waals surface area contributed by atoms with Crippen molar-refractivity contribution in [3.8, 4) is 0 Å². The molecule has 1 aliphatic heterocycles. The van der Waals surface area contributed by atoms with Gasteiger partial charge in [0, 0.05) is 6.04 Å². The number of aliphatic hydroxyl groups excluding tert-OH is 1. The molecule has 1 heterocycles. The zero-order valence-electron chi connectivity index (χ0n) is 9.18. The Morgan fingerprint density at radius 2 is 2.07 bits per heavy atom. The molecule has 2 rings (SSSR count). The maximum absolute atomic E-state index is 8.71. The smallest absolute Gasteiger partial charge is 0.163 e. The molecule has 2 fully saturated rings. The van der Waals surface area contributed by atoms with Crippen molar-refractivity contribution in [1.29, 1.82) is 0 Å². The lowest BCUT2D eigenvalue weighted by Crippen LogP contribution is -2.35. The van der Waals surface area contributed by atoms with Crippen molar-refractivity contribution < 1.29 is 19.3 Å². The number of hydrogen-bond donors (Lipinski definition) is 2. The molecular weight excluding hydrogens is 198 g/mol. The predicted molar refractivity (Wildman–Crippen MR) is 53.2 cm³/mol. The zero-order chi connectivity index (χ0) is 11.1. The van der Waals surface area contributed by atoms with Crippen LogP contribution in [0.3, 0.4) is 0 Å². The quantitative estimate of drug-likeness (QED) is 0.674. The van der Waals surface area contributed by atoms with Gasteiger partial charge >= 0.3 is 0 Å². The second-order valence-corrected chi connectivity index (χ2v) is 4.60. The third-order valence-electron chi connectivity index (χ3n) is 2.88. The summed E-state index contributed by atoms with van der Waals surface area (Å²) in [7, 11) is 0. The van der Waals surface area contributed by atoms with E-state index >= 15 is 0 Å². The second-order valence-electron chi connectivity index (χ2n) is 4.60. The highest BCUT2D eigenvalue weighted by Crippen LogP contribution is 2.38. The normalized spacial score (nSPS) is 43.2. The van der Waals surface area contributed by atoms with Crippen LogP contribution in [-0.2, 0) is 14.2 Å². The lowest BCUT2D eigenvalue weighted by atomic mass is 10.2. The first kappa shape index (κ1) is 11.3. The molecule has 0 aromatic carbocycles. The highest BCUT2D eigenvalue weighted by molar-refractivity contribution is 5.01. The van der Waals surface area contributed by atoms with Gasteiger partial charge in [-0.3, -0.25) is 0 Å². The summed E-state index contributed by atoms with van der Waals surface area (Å²) in [5.74, 6) is -0.575. The minimum atomic E-state index is -0.575. The summed E-state index contributed by atoms with van der Waals surface area (Å²) in [5.41, 5.74) is 5.96. The molecule has 1 saturated heterocycles. The number of rotatable bonds is 3. The fourth-order valence-electron chi connectivity index (χ4n) is 2.34. The Morgan fingerprint density at radius 3 is 2.73 bits per heavy atom. The predicted octanol–water partition coefficient (Wildman–Crippen LogP) is -0.385. The highest BCUT2D eigenvalue weighted by Gasteiger charge is 2.53. The van der Waals surface area contributed by atoms with E-state index in [0.717, 1.165) is 6.42 Å². The summed E-state index contributed by atoms with van der Waals surface area (Å²) in [6.45, 7) is 4.10. The highest BCUT2D eigenvalue weighted by atomic mass is 16.8. The molecule has 3 N–H and O–H groups in total. The van der Waals surface area contributed by atoms with Crippen LogP contribution in [0.25, 0.3) is 0 Å². The van der Waals surface area contributed by atoms with Crippen LogP contribution in [0.15, 0.2) is 0 Å². The van der Waals surface area contributed by atoms with Gasteiger partial charge in [-0.2, -0.15) is 0 Å². The molecule has 1 aliphatic carbocycles. The van der Waals surface area contributed by atoms with Gasteiger partial charge in [-0.25, -0.2) is 0 Å². The van der Waals surface area contributed by atoms with E-state index in [0.29, 0.717) is 6.61 Å². The van der Waals surface area contributed by atoms with Gasteiger partial charge in [-0.05, 0) is 20.3 Å². The molecule has 15 heavy (non-hydrogen) atoms. The molecule has 0 spiro atoms. The van der Waals surface area contributed by atoms with E-state index in [2.05, 4.69) is 0 Å². The Hall–Kier alpha value is -0.200. The molecule has 0 amide bonds. The molecule has 0 unspecified atom stereocenters. The Balaban J connectivity index is 1.99. The molecule has 5 heteroatoms. The minimum Gasteiger partial charge on any atom is -0.394 e. The second kappa shape index (κ2) is 3.99. The van der Waals surface area contributed by atoms with Crippen molar-refractivity contribution in [3.63, 3.8) is 0 Å². The summed E-state index contributed by atoms with van der Waals surface area (Å²) in [6, 6.07) is -0.0412. The molecule has 4 atom stereocenters. The van der Waals surface area contributed by atoms with Crippen molar-refractivity contribution in [2.45, 2.75) is 50.4 Å². The fraction of sp³-hybridized carbons (Fsp3) is 1.00. The lowest BCUT2D eigenvalue weighted by Gasteiger charge is -2.22. The molecule has 0 aromatic rings. The molecule has 1 saturated carbocycles. The summed E-state index contributed by atoms with van der Waals surface area (Å²) >= 11 is 0. The molecule has 0 bridgehead atoms. The average Bonchev–Trinajstić information content (AvgIpc) is 2.60. The maximum Gasteiger partial charge on any atom is 0.163 e. The van der Waals surface area contributed by atoms with Gasteiger partial charge in [0.1, 0.15) is 12.2 Å². The van der Waals surface area contributed by atoms with Crippen LogP contribution in [0.5, 0.6) is 0 Å². The largest absolute Gasteiger partial charge is 0.394 e. The first-order valence-electron chi connectivity index (χ1n) is 5.37. The average molecular weight is 217 g/mol. The summed E-state index contributed by atoms with van der Waals surface area (Å²) < 4.78 is 16.9. The van der Waals surface area contributed by atoms with E-state index in [9.17, 15) is 0 Å². The number of nitrogens with two attached hydrogens (primary N) is 1. The van der Waals surface area contributed by atoms with Crippen LogP contribution in [0.4, 0.5) is 0 Å². The summed E-state index contributed by atoms with van der Waals surface area (Å²) in [4.78, 5) is 0. The maximum atomic E-state index is 8.71. The van der Waals surface area contributed by atoms with Gasteiger partial charge in [0.2, 0.25) is 0 Å². The zero-order valence-corrected chi connectivity index (χ0v) is 9.18. The van der Waals surface area contributed by atoms with Crippen LogP contribution in [0.2, 0.25) is 0 Å². The van der Waals surface area contributed by atoms with E-state index in [1.54, 1.807) is 0 Å². The van der Waals surface area contributed by atoms with E-state index in [4.69, 9.17) is 25.1 Å². The van der Waals surface area contributed by atoms with E-state index in [1.165, 1.54) is 0 Å². The molecule has 5 nitrogen and oxygen atoms in total. The van der Waals surface area contributed by atoms with Gasteiger partial charge in [0.05, 0.1) is 19.3 Å². The SMILES string of the molecule is CC1(C)O[C@H]2[C@H](O1)[C@@H](OCCO)C[C@H]2N. The Kier molecular flexibility index (Phi) is 3.00. The van der Waals surface area contributed by atoms with Gasteiger partial charge in [0.15, 0.2) is 5.79 Å². The van der Waals surface area contributed by atoms with Crippen LogP contribution in [0, 0.1) is 0 Å². The Bertz CT molecular complexity index is 233. The van der Waals surface area contributed by atoms with E-state index in [1.807, 2.05) is 13.8 Å². The standard InChI is InChI=1S/C10H19NO4/c1-10(2)14-8-6(11)5-7(9(8)15-10)13-4-3-12/h6-9,12H,3-5,11H2,1-2H3/t6-,7+,8-,9-/m1/s1. The van der Waals surface area contributed by atoms with Gasteiger partial charge in [-0.15, -0.1) is 0 Å². The van der Waals surface area contributed by atoms with Crippen molar-refractivity contribution in [2.24, 2.45) is 5.73 Å². The van der Waals surface area contributed by atoms with Gasteiger partial charge in [0.25, 0.3) is 0 Å². The third kappa shape index (κ3) is 2.16. The number of fused-ring (bicyclic) bond motifs is 1.